The molecule has 2 N–H and O–H groups in total. The number of nitrogens with zero attached hydrogens (tertiary/aromatic N) is 3. The van der Waals surface area contributed by atoms with Crippen LogP contribution < -0.4 is 10.1 Å². The number of nitrogens with one attached hydrogen (secondary N) is 1. The molecule has 0 spiro atoms. The van der Waals surface area contributed by atoms with E-state index in [9.17, 15) is 9.90 Å². The van der Waals surface area contributed by atoms with E-state index in [4.69, 9.17) is 4.74 Å². The van der Waals surface area contributed by atoms with E-state index in [-0.39, 0.29) is 24.9 Å². The molecule has 0 radical (unpaired) electrons. The number of imidazole rings is 1. The first-order valence-corrected chi connectivity index (χ1v) is 9.73. The highest BCUT2D eigenvalue weighted by molar-refractivity contribution is 5.92. The molecule has 0 aliphatic heterocycles. The lowest BCUT2D eigenvalue weighted by atomic mass is 10.1. The molecule has 4 rings (SSSR count). The molecule has 3 aromatic heterocycles. The number of fused-ring (bicyclic) bond motifs is 1. The van der Waals surface area contributed by atoms with Gasteiger partial charge >= 0.3 is 0 Å². The number of aromatic nitrogens is 3. The van der Waals surface area contributed by atoms with Crippen molar-refractivity contribution in [2.75, 3.05) is 6.54 Å². The summed E-state index contributed by atoms with van der Waals surface area (Å²) in [7, 11) is 0. The van der Waals surface area contributed by atoms with E-state index in [2.05, 4.69) is 15.3 Å². The molecule has 8 heteroatoms. The molecule has 0 saturated carbocycles. The number of hydrogen-bond donors (Lipinski definition) is 2. The number of amides is 1. The fourth-order valence-corrected chi connectivity index (χ4v) is 3.27. The number of aliphatic hydroxyl groups excluding tert-OH is 1. The lowest BCUT2D eigenvalue weighted by Gasteiger charge is -2.09. The Hall–Kier alpha value is -3.42. The third-order valence-corrected chi connectivity index (χ3v) is 4.68. The molecule has 0 bridgehead atoms. The average molecular weight is 439 g/mol. The normalized spacial score (nSPS) is 10.5. The van der Waals surface area contributed by atoms with Crippen LogP contribution in [0.1, 0.15) is 28.7 Å². The zero-order valence-electron chi connectivity index (χ0n) is 17.0. The monoisotopic (exact) mass is 438 g/mol. The van der Waals surface area contributed by atoms with Gasteiger partial charge in [0, 0.05) is 24.5 Å². The summed E-state index contributed by atoms with van der Waals surface area (Å²) in [5.74, 6) is 0.398. The van der Waals surface area contributed by atoms with Crippen LogP contribution in [0.4, 0.5) is 0 Å². The smallest absolute Gasteiger partial charge is 0.269 e. The van der Waals surface area contributed by atoms with Gasteiger partial charge in [0.1, 0.15) is 12.3 Å². The Balaban J connectivity index is 0.00000272. The molecule has 0 aliphatic rings. The Bertz CT molecular complexity index is 1160. The van der Waals surface area contributed by atoms with Crippen LogP contribution in [0, 0.1) is 0 Å². The first-order valence-electron chi connectivity index (χ1n) is 9.73. The number of hydrogen-bond acceptors (Lipinski definition) is 5. The van der Waals surface area contributed by atoms with Gasteiger partial charge < -0.3 is 15.2 Å². The van der Waals surface area contributed by atoms with Gasteiger partial charge in [0.25, 0.3) is 5.91 Å². The van der Waals surface area contributed by atoms with Gasteiger partial charge in [0.2, 0.25) is 0 Å². The molecule has 1 amide bonds. The van der Waals surface area contributed by atoms with Gasteiger partial charge in [-0.2, -0.15) is 0 Å². The molecular formula is C23H23ClN4O3. The maximum Gasteiger partial charge on any atom is 0.269 e. The number of carbonyl (C=O) groups is 1. The zero-order valence-corrected chi connectivity index (χ0v) is 17.8. The third kappa shape index (κ3) is 4.68. The third-order valence-electron chi connectivity index (χ3n) is 4.68. The van der Waals surface area contributed by atoms with E-state index in [0.29, 0.717) is 41.6 Å². The van der Waals surface area contributed by atoms with E-state index in [0.717, 1.165) is 11.1 Å². The van der Waals surface area contributed by atoms with E-state index >= 15 is 0 Å². The van der Waals surface area contributed by atoms with Gasteiger partial charge in [0.15, 0.2) is 11.4 Å². The number of carbonyl (C=O) groups excluding carboxylic acids is 1. The summed E-state index contributed by atoms with van der Waals surface area (Å²) in [4.78, 5) is 20.8. The number of rotatable bonds is 7. The molecule has 0 aliphatic carbocycles. The SMILES string of the molecule is CCNC(=O)c1ccc(-c2c(CO)nc3c(OCc4ccccc4)cccn23)cn1.Cl. The van der Waals surface area contributed by atoms with Crippen molar-refractivity contribution in [2.45, 2.75) is 20.1 Å². The molecule has 31 heavy (non-hydrogen) atoms. The summed E-state index contributed by atoms with van der Waals surface area (Å²) < 4.78 is 7.87. The lowest BCUT2D eigenvalue weighted by molar-refractivity contribution is 0.0951. The Morgan fingerprint density at radius 1 is 1.13 bits per heavy atom. The second-order valence-corrected chi connectivity index (χ2v) is 6.70. The van der Waals surface area contributed by atoms with Crippen LogP contribution in [0.25, 0.3) is 16.9 Å². The van der Waals surface area contributed by atoms with Crippen molar-refractivity contribution in [3.63, 3.8) is 0 Å². The molecule has 1 aromatic carbocycles. The van der Waals surface area contributed by atoms with Gasteiger partial charge in [-0.25, -0.2) is 4.98 Å². The Morgan fingerprint density at radius 3 is 2.61 bits per heavy atom. The van der Waals surface area contributed by atoms with Crippen LogP contribution in [0.3, 0.4) is 0 Å². The number of pyridine rings is 2. The van der Waals surface area contributed by atoms with Gasteiger partial charge in [-0.15, -0.1) is 12.4 Å². The number of halogens is 1. The largest absolute Gasteiger partial charge is 0.485 e. The summed E-state index contributed by atoms with van der Waals surface area (Å²) >= 11 is 0. The summed E-state index contributed by atoms with van der Waals surface area (Å²) in [5, 5.41) is 12.6. The highest BCUT2D eigenvalue weighted by Crippen LogP contribution is 2.29. The number of aliphatic hydroxyl groups is 1. The molecule has 160 valence electrons. The first kappa shape index (κ1) is 22.3. The van der Waals surface area contributed by atoms with E-state index < -0.39 is 0 Å². The predicted molar refractivity (Wildman–Crippen MR) is 120 cm³/mol. The second kappa shape index (κ2) is 10.1. The standard InChI is InChI=1S/C23H22N4O3.ClH/c1-2-24-23(29)18-11-10-17(13-25-18)21-19(14-28)26-22-20(9-6-12-27(21)22)30-15-16-7-4-3-5-8-16;/h3-13,28H,2,14-15H2,1H3,(H,24,29);1H. The van der Waals surface area contributed by atoms with E-state index in [1.165, 1.54) is 0 Å². The van der Waals surface area contributed by atoms with Crippen molar-refractivity contribution >= 4 is 24.0 Å². The van der Waals surface area contributed by atoms with Crippen LogP contribution in [0.15, 0.2) is 67.0 Å². The quantitative estimate of drug-likeness (QED) is 0.460. The lowest BCUT2D eigenvalue weighted by Crippen LogP contribution is -2.23. The second-order valence-electron chi connectivity index (χ2n) is 6.70. The molecule has 7 nitrogen and oxygen atoms in total. The minimum absolute atomic E-state index is 0. The van der Waals surface area contributed by atoms with Gasteiger partial charge in [-0.3, -0.25) is 14.2 Å². The summed E-state index contributed by atoms with van der Waals surface area (Å²) in [6.07, 6.45) is 3.48. The summed E-state index contributed by atoms with van der Waals surface area (Å²) in [5.41, 5.74) is 3.98. The van der Waals surface area contributed by atoms with Gasteiger partial charge in [0.05, 0.1) is 18.0 Å². The number of ether oxygens (including phenoxy) is 1. The molecular weight excluding hydrogens is 416 g/mol. The summed E-state index contributed by atoms with van der Waals surface area (Å²) in [6, 6.07) is 17.1. The highest BCUT2D eigenvalue weighted by atomic mass is 35.5. The predicted octanol–water partition coefficient (Wildman–Crippen LogP) is 3.64. The first-order chi connectivity index (χ1) is 14.7. The topological polar surface area (TPSA) is 88.8 Å². The minimum atomic E-state index is -0.229. The Morgan fingerprint density at radius 2 is 1.94 bits per heavy atom. The summed E-state index contributed by atoms with van der Waals surface area (Å²) in [6.45, 7) is 2.58. The molecule has 3 heterocycles. The molecule has 0 fully saturated rings. The molecule has 0 atom stereocenters. The highest BCUT2D eigenvalue weighted by Gasteiger charge is 2.17. The molecule has 0 saturated heterocycles. The average Bonchev–Trinajstić information content (AvgIpc) is 3.18. The van der Waals surface area contributed by atoms with Crippen molar-refractivity contribution in [1.82, 2.24) is 19.7 Å². The van der Waals surface area contributed by atoms with E-state index in [1.807, 2.05) is 60.0 Å². The van der Waals surface area contributed by atoms with Crippen molar-refractivity contribution in [3.05, 3.63) is 83.9 Å². The van der Waals surface area contributed by atoms with Crippen LogP contribution >= 0.6 is 12.4 Å². The molecule has 4 aromatic rings. The zero-order chi connectivity index (χ0) is 20.9. The Labute approximate surface area is 186 Å². The van der Waals surface area contributed by atoms with Gasteiger partial charge in [-0.1, -0.05) is 30.3 Å². The van der Waals surface area contributed by atoms with Crippen molar-refractivity contribution in [1.29, 1.82) is 0 Å². The maximum atomic E-state index is 12.0. The minimum Gasteiger partial charge on any atom is -0.485 e. The van der Waals surface area contributed by atoms with Crippen LogP contribution in [0.2, 0.25) is 0 Å². The fourth-order valence-electron chi connectivity index (χ4n) is 3.27. The Kier molecular flexibility index (Phi) is 7.23. The van der Waals surface area contributed by atoms with Crippen molar-refractivity contribution in [3.8, 4) is 17.0 Å². The van der Waals surface area contributed by atoms with Gasteiger partial charge in [-0.05, 0) is 36.8 Å². The van der Waals surface area contributed by atoms with Crippen molar-refractivity contribution < 1.29 is 14.6 Å². The fraction of sp³-hybridized carbons (Fsp3) is 0.174. The van der Waals surface area contributed by atoms with Crippen LogP contribution in [-0.4, -0.2) is 31.9 Å². The van der Waals surface area contributed by atoms with Crippen LogP contribution in [-0.2, 0) is 13.2 Å². The number of benzene rings is 1. The molecule has 0 unspecified atom stereocenters. The van der Waals surface area contributed by atoms with Crippen molar-refractivity contribution in [2.24, 2.45) is 0 Å². The van der Waals surface area contributed by atoms with Crippen LogP contribution in [0.5, 0.6) is 5.75 Å². The van der Waals surface area contributed by atoms with E-state index in [1.54, 1.807) is 18.3 Å². The maximum absolute atomic E-state index is 12.0.